The van der Waals surface area contributed by atoms with Crippen molar-refractivity contribution in [3.63, 3.8) is 0 Å². The third kappa shape index (κ3) is 3.02. The topological polar surface area (TPSA) is 122 Å². The summed E-state index contributed by atoms with van der Waals surface area (Å²) in [6.45, 7) is 3.03. The lowest BCUT2D eigenvalue weighted by Gasteiger charge is -2.18. The molecule has 0 spiro atoms. The third-order valence-electron chi connectivity index (χ3n) is 2.17. The molecule has 7 heteroatoms. The molecule has 94 valence electrons. The average Bonchev–Trinajstić information content (AvgIpc) is 2.27. The van der Waals surface area contributed by atoms with Crippen molar-refractivity contribution in [2.75, 3.05) is 5.32 Å². The lowest BCUT2D eigenvalue weighted by atomic mass is 10.1. The van der Waals surface area contributed by atoms with Gasteiger partial charge in [0.05, 0.1) is 21.7 Å². The monoisotopic (exact) mass is 248 g/mol. The number of nitrogens with two attached hydrogens (primary N) is 1. The number of non-ortho nitro benzene ring substituents is 1. The van der Waals surface area contributed by atoms with Gasteiger partial charge in [0, 0.05) is 12.1 Å². The van der Waals surface area contributed by atoms with E-state index in [1.165, 1.54) is 26.0 Å². The molecule has 0 saturated heterocycles. The molecule has 0 aliphatic heterocycles. The van der Waals surface area contributed by atoms with Gasteiger partial charge < -0.3 is 11.1 Å². The Kier molecular flexibility index (Phi) is 3.64. The van der Waals surface area contributed by atoms with Crippen LogP contribution >= 0.6 is 0 Å². The highest BCUT2D eigenvalue weighted by Gasteiger charge is 2.23. The first-order chi connectivity index (χ1) is 8.25. The predicted molar refractivity (Wildman–Crippen MR) is 64.7 cm³/mol. The zero-order valence-corrected chi connectivity index (χ0v) is 9.93. The maximum Gasteiger partial charge on any atom is 0.270 e. The Hall–Kier alpha value is -2.46. The fourth-order valence-corrected chi connectivity index (χ4v) is 1.13. The fourth-order valence-electron chi connectivity index (χ4n) is 1.13. The Morgan fingerprint density at radius 3 is 2.61 bits per heavy atom. The average molecular weight is 248 g/mol. The number of benzene rings is 1. The Bertz CT molecular complexity index is 540. The molecule has 3 N–H and O–H groups in total. The van der Waals surface area contributed by atoms with E-state index in [2.05, 4.69) is 5.32 Å². The number of hydrogen-bond acceptors (Lipinski definition) is 5. The Labute approximate surface area is 103 Å². The highest BCUT2D eigenvalue weighted by molar-refractivity contribution is 5.98. The van der Waals surface area contributed by atoms with Crippen LogP contribution in [0.5, 0.6) is 0 Å². The van der Waals surface area contributed by atoms with E-state index < -0.39 is 16.4 Å². The van der Waals surface area contributed by atoms with Crippen molar-refractivity contribution in [2.24, 2.45) is 5.73 Å². The maximum atomic E-state index is 11.6. The first-order valence-corrected chi connectivity index (χ1v) is 5.04. The van der Waals surface area contributed by atoms with Crippen LogP contribution in [0.25, 0.3) is 0 Å². The van der Waals surface area contributed by atoms with Crippen LogP contribution < -0.4 is 11.1 Å². The van der Waals surface area contributed by atoms with Crippen molar-refractivity contribution in [1.82, 2.24) is 0 Å². The van der Waals surface area contributed by atoms with E-state index in [1.807, 2.05) is 0 Å². The molecular weight excluding hydrogens is 236 g/mol. The highest BCUT2D eigenvalue weighted by atomic mass is 16.6. The number of nitrogens with one attached hydrogen (secondary N) is 1. The van der Waals surface area contributed by atoms with Crippen molar-refractivity contribution >= 4 is 17.3 Å². The van der Waals surface area contributed by atoms with E-state index in [0.29, 0.717) is 0 Å². The van der Waals surface area contributed by atoms with Crippen LogP contribution in [-0.4, -0.2) is 16.4 Å². The standard InChI is InChI=1S/C11H12N4O3/c1-11(2,13)10(16)14-9-4-3-8(15(17)18)5-7(9)6-12/h3-5H,13H2,1-2H3,(H,14,16). The molecule has 0 aliphatic carbocycles. The predicted octanol–water partition coefficient (Wildman–Crippen LogP) is 1.14. The molecule has 0 atom stereocenters. The number of nitrogens with zero attached hydrogens (tertiary/aromatic N) is 2. The molecule has 0 aromatic heterocycles. The van der Waals surface area contributed by atoms with Crippen LogP contribution in [0.1, 0.15) is 19.4 Å². The minimum absolute atomic E-state index is 0.0156. The minimum atomic E-state index is -1.10. The van der Waals surface area contributed by atoms with E-state index in [9.17, 15) is 14.9 Å². The number of hydrogen-bond donors (Lipinski definition) is 2. The van der Waals surface area contributed by atoms with Crippen molar-refractivity contribution in [1.29, 1.82) is 5.26 Å². The SMILES string of the molecule is CC(C)(N)C(=O)Nc1ccc([N+](=O)[O-])cc1C#N. The van der Waals surface area contributed by atoms with Gasteiger partial charge in [-0.25, -0.2) is 0 Å². The molecular formula is C11H12N4O3. The molecule has 1 amide bonds. The molecule has 0 bridgehead atoms. The summed E-state index contributed by atoms with van der Waals surface area (Å²) >= 11 is 0. The lowest BCUT2D eigenvalue weighted by Crippen LogP contribution is -2.45. The van der Waals surface area contributed by atoms with Gasteiger partial charge in [-0.3, -0.25) is 14.9 Å². The number of nitro benzene ring substituents is 1. The third-order valence-corrected chi connectivity index (χ3v) is 2.17. The van der Waals surface area contributed by atoms with Crippen LogP contribution in [-0.2, 0) is 4.79 Å². The molecule has 0 saturated carbocycles. The van der Waals surface area contributed by atoms with E-state index in [0.717, 1.165) is 6.07 Å². The summed E-state index contributed by atoms with van der Waals surface area (Å²) in [4.78, 5) is 21.6. The van der Waals surface area contributed by atoms with Gasteiger partial charge in [0.1, 0.15) is 6.07 Å². The van der Waals surface area contributed by atoms with Gasteiger partial charge in [0.15, 0.2) is 0 Å². The van der Waals surface area contributed by atoms with Gasteiger partial charge in [-0.15, -0.1) is 0 Å². The zero-order valence-electron chi connectivity index (χ0n) is 9.93. The van der Waals surface area contributed by atoms with Gasteiger partial charge in [-0.05, 0) is 19.9 Å². The number of carbonyl (C=O) groups excluding carboxylic acids is 1. The fraction of sp³-hybridized carbons (Fsp3) is 0.273. The summed E-state index contributed by atoms with van der Waals surface area (Å²) in [5.74, 6) is -0.479. The second kappa shape index (κ2) is 4.81. The van der Waals surface area contributed by atoms with E-state index in [-0.39, 0.29) is 16.9 Å². The quantitative estimate of drug-likeness (QED) is 0.613. The highest BCUT2D eigenvalue weighted by Crippen LogP contribution is 2.22. The molecule has 0 unspecified atom stereocenters. The molecule has 1 aromatic carbocycles. The molecule has 0 heterocycles. The molecule has 1 rings (SSSR count). The Morgan fingerprint density at radius 2 is 2.17 bits per heavy atom. The Morgan fingerprint density at radius 1 is 1.56 bits per heavy atom. The maximum absolute atomic E-state index is 11.6. The molecule has 1 aromatic rings. The van der Waals surface area contributed by atoms with E-state index >= 15 is 0 Å². The second-order valence-electron chi connectivity index (χ2n) is 4.27. The summed E-state index contributed by atoms with van der Waals surface area (Å²) in [6.07, 6.45) is 0. The van der Waals surface area contributed by atoms with Crippen molar-refractivity contribution in [3.05, 3.63) is 33.9 Å². The van der Waals surface area contributed by atoms with Gasteiger partial charge in [-0.1, -0.05) is 0 Å². The van der Waals surface area contributed by atoms with Crippen LogP contribution in [0.3, 0.4) is 0 Å². The normalized spacial score (nSPS) is 10.6. The zero-order chi connectivity index (χ0) is 13.9. The summed E-state index contributed by atoms with van der Waals surface area (Å²) in [7, 11) is 0. The number of nitriles is 1. The number of amides is 1. The number of anilines is 1. The number of nitro groups is 1. The molecule has 0 fully saturated rings. The molecule has 0 radical (unpaired) electrons. The Balaban J connectivity index is 3.09. The van der Waals surface area contributed by atoms with Gasteiger partial charge in [0.2, 0.25) is 5.91 Å². The van der Waals surface area contributed by atoms with Crippen LogP contribution in [0.15, 0.2) is 18.2 Å². The van der Waals surface area contributed by atoms with Crippen molar-refractivity contribution in [3.8, 4) is 6.07 Å². The number of carbonyl (C=O) groups is 1. The van der Waals surface area contributed by atoms with Crippen LogP contribution in [0.2, 0.25) is 0 Å². The van der Waals surface area contributed by atoms with Crippen LogP contribution in [0.4, 0.5) is 11.4 Å². The van der Waals surface area contributed by atoms with Gasteiger partial charge in [-0.2, -0.15) is 5.26 Å². The summed E-state index contributed by atoms with van der Waals surface area (Å²) in [6, 6.07) is 5.40. The summed E-state index contributed by atoms with van der Waals surface area (Å²) in [5.41, 5.74) is 4.50. The summed E-state index contributed by atoms with van der Waals surface area (Å²) < 4.78 is 0. The number of rotatable bonds is 3. The lowest BCUT2D eigenvalue weighted by molar-refractivity contribution is -0.384. The summed E-state index contributed by atoms with van der Waals surface area (Å²) in [5, 5.41) is 21.9. The first kappa shape index (κ1) is 13.6. The first-order valence-electron chi connectivity index (χ1n) is 5.04. The molecule has 0 aliphatic rings. The van der Waals surface area contributed by atoms with Crippen LogP contribution in [0, 0.1) is 21.4 Å². The largest absolute Gasteiger partial charge is 0.323 e. The minimum Gasteiger partial charge on any atom is -0.323 e. The van der Waals surface area contributed by atoms with Gasteiger partial charge >= 0.3 is 0 Å². The molecule has 18 heavy (non-hydrogen) atoms. The molecule has 7 nitrogen and oxygen atoms in total. The van der Waals surface area contributed by atoms with Crippen molar-refractivity contribution in [2.45, 2.75) is 19.4 Å². The van der Waals surface area contributed by atoms with Crippen molar-refractivity contribution < 1.29 is 9.72 Å². The second-order valence-corrected chi connectivity index (χ2v) is 4.27. The van der Waals surface area contributed by atoms with Gasteiger partial charge in [0.25, 0.3) is 5.69 Å². The van der Waals surface area contributed by atoms with E-state index in [1.54, 1.807) is 6.07 Å². The van der Waals surface area contributed by atoms with E-state index in [4.69, 9.17) is 11.0 Å². The smallest absolute Gasteiger partial charge is 0.270 e.